The van der Waals surface area contributed by atoms with Crippen LogP contribution in [0, 0.1) is 0 Å². The number of hydrogen-bond acceptors (Lipinski definition) is 5. The third-order valence-corrected chi connectivity index (χ3v) is 4.80. The first-order valence-corrected chi connectivity index (χ1v) is 9.65. The summed E-state index contributed by atoms with van der Waals surface area (Å²) in [7, 11) is -1.76. The minimum Gasteiger partial charge on any atom is -0.497 e. The van der Waals surface area contributed by atoms with Crippen molar-refractivity contribution in [1.29, 1.82) is 0 Å². The number of aromatic nitrogens is 2. The number of ether oxygens (including phenoxy) is 1. The summed E-state index contributed by atoms with van der Waals surface area (Å²) in [6, 6.07) is 6.76. The van der Waals surface area contributed by atoms with Gasteiger partial charge in [-0.25, -0.2) is 18.1 Å². The van der Waals surface area contributed by atoms with Gasteiger partial charge in [0.05, 0.1) is 38.0 Å². The summed E-state index contributed by atoms with van der Waals surface area (Å²) in [5.41, 5.74) is 1.39. The molecule has 1 atom stereocenters. The van der Waals surface area contributed by atoms with Gasteiger partial charge < -0.3 is 14.2 Å². The van der Waals surface area contributed by atoms with Crippen molar-refractivity contribution in [3.05, 3.63) is 48.0 Å². The molecule has 0 radical (unpaired) electrons. The number of imidazole rings is 1. The standard InChI is InChI=1S/C16H20N4O4S/c1-24-15-5-3-4-12(6-15)16(21)19-9-13-7-17-11-20(13)14(10-19)8-18-25(2,22)23/h3-7,11,14,18H,8-10H2,1-2H3/t14-/m0/s1. The molecule has 1 aromatic heterocycles. The SMILES string of the molecule is COc1cccc(C(=O)N2Cc3cncn3[C@@H](CNS(C)(=O)=O)C2)c1. The molecular weight excluding hydrogens is 344 g/mol. The van der Waals surface area contributed by atoms with Crippen LogP contribution in [0.15, 0.2) is 36.8 Å². The van der Waals surface area contributed by atoms with Crippen molar-refractivity contribution in [3.63, 3.8) is 0 Å². The Morgan fingerprint density at radius 3 is 2.96 bits per heavy atom. The molecular formula is C16H20N4O4S. The lowest BCUT2D eigenvalue weighted by molar-refractivity contribution is 0.0680. The summed E-state index contributed by atoms with van der Waals surface area (Å²) in [5, 5.41) is 0. The van der Waals surface area contributed by atoms with Crippen LogP contribution < -0.4 is 9.46 Å². The molecule has 0 aliphatic carbocycles. The van der Waals surface area contributed by atoms with E-state index >= 15 is 0 Å². The van der Waals surface area contributed by atoms with Gasteiger partial charge in [0.2, 0.25) is 10.0 Å². The maximum atomic E-state index is 12.8. The zero-order valence-corrected chi connectivity index (χ0v) is 14.9. The number of methoxy groups -OCH3 is 1. The zero-order chi connectivity index (χ0) is 18.0. The molecule has 134 valence electrons. The van der Waals surface area contributed by atoms with E-state index in [9.17, 15) is 13.2 Å². The molecule has 8 nitrogen and oxygen atoms in total. The van der Waals surface area contributed by atoms with Crippen LogP contribution in [0.3, 0.4) is 0 Å². The Labute approximate surface area is 146 Å². The number of amides is 1. The molecule has 3 rings (SSSR count). The monoisotopic (exact) mass is 364 g/mol. The number of rotatable bonds is 5. The second kappa shape index (κ2) is 6.85. The van der Waals surface area contributed by atoms with E-state index in [0.29, 0.717) is 24.4 Å². The molecule has 0 saturated heterocycles. The van der Waals surface area contributed by atoms with Crippen molar-refractivity contribution in [2.24, 2.45) is 0 Å². The van der Waals surface area contributed by atoms with Crippen LogP contribution in [0.4, 0.5) is 0 Å². The fourth-order valence-corrected chi connectivity index (χ4v) is 3.38. The number of carbonyl (C=O) groups is 1. The normalized spacial score (nSPS) is 17.2. The van der Waals surface area contributed by atoms with Gasteiger partial charge in [-0.05, 0) is 18.2 Å². The first-order valence-electron chi connectivity index (χ1n) is 7.76. The molecule has 1 amide bonds. The van der Waals surface area contributed by atoms with E-state index in [1.807, 2.05) is 4.57 Å². The first kappa shape index (κ1) is 17.4. The van der Waals surface area contributed by atoms with Gasteiger partial charge >= 0.3 is 0 Å². The quantitative estimate of drug-likeness (QED) is 0.840. The highest BCUT2D eigenvalue weighted by Crippen LogP contribution is 2.23. The molecule has 1 aliphatic rings. The van der Waals surface area contributed by atoms with Crippen LogP contribution in [-0.4, -0.2) is 55.2 Å². The number of nitrogens with one attached hydrogen (secondary N) is 1. The Morgan fingerprint density at radius 2 is 2.24 bits per heavy atom. The summed E-state index contributed by atoms with van der Waals surface area (Å²) >= 11 is 0. The second-order valence-corrected chi connectivity index (χ2v) is 7.82. The van der Waals surface area contributed by atoms with E-state index in [0.717, 1.165) is 11.9 Å². The second-order valence-electron chi connectivity index (χ2n) is 5.98. The topological polar surface area (TPSA) is 93.5 Å². The first-order chi connectivity index (χ1) is 11.9. The average Bonchev–Trinajstić information content (AvgIpc) is 3.07. The van der Waals surface area contributed by atoms with Crippen LogP contribution in [0.1, 0.15) is 22.1 Å². The Morgan fingerprint density at radius 1 is 1.44 bits per heavy atom. The van der Waals surface area contributed by atoms with Crippen LogP contribution in [0.2, 0.25) is 0 Å². The third-order valence-electron chi connectivity index (χ3n) is 4.11. The number of fused-ring (bicyclic) bond motifs is 1. The average molecular weight is 364 g/mol. The number of hydrogen-bond donors (Lipinski definition) is 1. The van der Waals surface area contributed by atoms with Gasteiger partial charge in [0.25, 0.3) is 5.91 Å². The lowest BCUT2D eigenvalue weighted by Gasteiger charge is -2.34. The lowest BCUT2D eigenvalue weighted by atomic mass is 10.1. The van der Waals surface area contributed by atoms with Gasteiger partial charge in [0.1, 0.15) is 5.75 Å². The molecule has 1 aliphatic heterocycles. The molecule has 1 N–H and O–H groups in total. The summed E-state index contributed by atoms with van der Waals surface area (Å²) in [6.07, 6.45) is 4.47. The fraction of sp³-hybridized carbons (Fsp3) is 0.375. The van der Waals surface area contributed by atoms with Crippen LogP contribution >= 0.6 is 0 Å². The van der Waals surface area contributed by atoms with Crippen molar-refractivity contribution >= 4 is 15.9 Å². The molecule has 0 saturated carbocycles. The molecule has 1 aromatic carbocycles. The van der Waals surface area contributed by atoms with Crippen molar-refractivity contribution < 1.29 is 17.9 Å². The smallest absolute Gasteiger partial charge is 0.254 e. The lowest BCUT2D eigenvalue weighted by Crippen LogP contribution is -2.44. The predicted molar refractivity (Wildman–Crippen MR) is 91.8 cm³/mol. The summed E-state index contributed by atoms with van der Waals surface area (Å²) in [4.78, 5) is 18.7. The maximum Gasteiger partial charge on any atom is 0.254 e. The number of carbonyl (C=O) groups excluding carboxylic acids is 1. The summed E-state index contributed by atoms with van der Waals surface area (Å²) < 4.78 is 32.4. The van der Waals surface area contributed by atoms with Crippen molar-refractivity contribution in [1.82, 2.24) is 19.2 Å². The van der Waals surface area contributed by atoms with E-state index < -0.39 is 10.0 Å². The molecule has 2 aromatic rings. The van der Waals surface area contributed by atoms with Crippen LogP contribution in [-0.2, 0) is 16.6 Å². The third kappa shape index (κ3) is 3.99. The highest BCUT2D eigenvalue weighted by atomic mass is 32.2. The largest absolute Gasteiger partial charge is 0.497 e. The van der Waals surface area contributed by atoms with Gasteiger partial charge in [-0.2, -0.15) is 0 Å². The van der Waals surface area contributed by atoms with Crippen molar-refractivity contribution in [2.45, 2.75) is 12.6 Å². The van der Waals surface area contributed by atoms with Crippen molar-refractivity contribution in [2.75, 3.05) is 26.5 Å². The molecule has 0 spiro atoms. The van der Waals surface area contributed by atoms with Crippen molar-refractivity contribution in [3.8, 4) is 5.75 Å². The van der Waals surface area contributed by atoms with E-state index in [-0.39, 0.29) is 18.5 Å². The number of sulfonamides is 1. The molecule has 0 bridgehead atoms. The summed E-state index contributed by atoms with van der Waals surface area (Å²) in [5.74, 6) is 0.485. The summed E-state index contributed by atoms with van der Waals surface area (Å²) in [6.45, 7) is 1.01. The Balaban J connectivity index is 1.82. The Kier molecular flexibility index (Phi) is 4.78. The van der Waals surface area contributed by atoms with Gasteiger partial charge in [0, 0.05) is 24.8 Å². The fourth-order valence-electron chi connectivity index (χ4n) is 2.89. The van der Waals surface area contributed by atoms with Gasteiger partial charge in [-0.3, -0.25) is 4.79 Å². The van der Waals surface area contributed by atoms with E-state index in [4.69, 9.17) is 4.74 Å². The predicted octanol–water partition coefficient (Wildman–Crippen LogP) is 0.638. The van der Waals surface area contributed by atoms with E-state index in [1.54, 1.807) is 48.8 Å². The Bertz CT molecular complexity index is 878. The van der Waals surface area contributed by atoms with E-state index in [1.165, 1.54) is 0 Å². The van der Waals surface area contributed by atoms with E-state index in [2.05, 4.69) is 9.71 Å². The molecule has 25 heavy (non-hydrogen) atoms. The molecule has 0 unspecified atom stereocenters. The van der Waals surface area contributed by atoms with Crippen LogP contribution in [0.25, 0.3) is 0 Å². The number of nitrogens with zero attached hydrogens (tertiary/aromatic N) is 3. The Hall–Kier alpha value is -2.39. The van der Waals surface area contributed by atoms with Gasteiger partial charge in [-0.1, -0.05) is 6.07 Å². The van der Waals surface area contributed by atoms with Crippen LogP contribution in [0.5, 0.6) is 5.75 Å². The molecule has 0 fully saturated rings. The number of benzene rings is 1. The maximum absolute atomic E-state index is 12.8. The highest BCUT2D eigenvalue weighted by Gasteiger charge is 2.29. The minimum absolute atomic E-state index is 0.129. The van der Waals surface area contributed by atoms with Gasteiger partial charge in [-0.15, -0.1) is 0 Å². The highest BCUT2D eigenvalue weighted by molar-refractivity contribution is 7.88. The molecule has 2 heterocycles. The minimum atomic E-state index is -3.31. The zero-order valence-electron chi connectivity index (χ0n) is 14.0. The molecule has 9 heteroatoms. The van der Waals surface area contributed by atoms with Gasteiger partial charge in [0.15, 0.2) is 0 Å².